The number of amides is 2. The summed E-state index contributed by atoms with van der Waals surface area (Å²) in [6.07, 6.45) is 3.61. The molecule has 174 valence electrons. The third-order valence-electron chi connectivity index (χ3n) is 5.53. The van der Waals surface area contributed by atoms with Gasteiger partial charge >= 0.3 is 0 Å². The molecule has 3 aromatic rings. The SMILES string of the molecule is COc1ccc(NC(=O)c2ccc(C(=N)N3CCCC3)cc2)c(C(=O)Nc2ccc(Cl)cn2)c1. The number of amidine groups is 1. The Morgan fingerprint density at radius 1 is 0.971 bits per heavy atom. The summed E-state index contributed by atoms with van der Waals surface area (Å²) in [7, 11) is 1.50. The predicted octanol–water partition coefficient (Wildman–Crippen LogP) is 4.67. The van der Waals surface area contributed by atoms with E-state index in [-0.39, 0.29) is 11.5 Å². The van der Waals surface area contributed by atoms with E-state index in [2.05, 4.69) is 15.6 Å². The summed E-state index contributed by atoms with van der Waals surface area (Å²) >= 11 is 5.85. The third kappa shape index (κ3) is 5.35. The number of nitrogens with one attached hydrogen (secondary N) is 3. The van der Waals surface area contributed by atoms with Gasteiger partial charge in [0, 0.05) is 30.4 Å². The average Bonchev–Trinajstić information content (AvgIpc) is 3.40. The largest absolute Gasteiger partial charge is 0.497 e. The Morgan fingerprint density at radius 2 is 1.68 bits per heavy atom. The molecule has 0 bridgehead atoms. The first-order chi connectivity index (χ1) is 16.4. The summed E-state index contributed by atoms with van der Waals surface area (Å²) in [4.78, 5) is 32.0. The summed E-state index contributed by atoms with van der Waals surface area (Å²) in [6.45, 7) is 1.77. The average molecular weight is 478 g/mol. The molecule has 0 unspecified atom stereocenters. The highest BCUT2D eigenvalue weighted by atomic mass is 35.5. The molecular formula is C25H24ClN5O3. The number of hydrogen-bond donors (Lipinski definition) is 3. The number of ether oxygens (including phenoxy) is 1. The standard InChI is InChI=1S/C25H24ClN5O3/c1-34-19-9-10-21(20(14-19)25(33)30-22-11-8-18(26)15-28-22)29-24(32)17-6-4-16(5-7-17)23(27)31-12-2-3-13-31/h4-11,14-15,27H,2-3,12-13H2,1H3,(H,29,32)(H,28,30,33). The number of nitrogens with zero attached hydrogens (tertiary/aromatic N) is 2. The summed E-state index contributed by atoms with van der Waals surface area (Å²) in [5.74, 6) is 0.429. The van der Waals surface area contributed by atoms with Crippen LogP contribution >= 0.6 is 11.6 Å². The van der Waals surface area contributed by atoms with Crippen molar-refractivity contribution >= 4 is 40.8 Å². The molecule has 9 heteroatoms. The zero-order valence-electron chi connectivity index (χ0n) is 18.6. The van der Waals surface area contributed by atoms with Gasteiger partial charge in [-0.2, -0.15) is 0 Å². The van der Waals surface area contributed by atoms with Crippen LogP contribution in [0.15, 0.2) is 60.8 Å². The molecule has 0 saturated carbocycles. The molecule has 1 fully saturated rings. The maximum absolute atomic E-state index is 12.9. The Labute approximate surface area is 202 Å². The molecule has 2 amide bonds. The Balaban J connectivity index is 1.51. The van der Waals surface area contributed by atoms with Gasteiger partial charge in [-0.25, -0.2) is 4.98 Å². The monoisotopic (exact) mass is 477 g/mol. The first-order valence-electron chi connectivity index (χ1n) is 10.8. The third-order valence-corrected chi connectivity index (χ3v) is 5.75. The number of aromatic nitrogens is 1. The highest BCUT2D eigenvalue weighted by Gasteiger charge is 2.19. The van der Waals surface area contributed by atoms with Crippen LogP contribution in [0.1, 0.15) is 39.1 Å². The Kier molecular flexibility index (Phi) is 7.08. The molecule has 0 spiro atoms. The van der Waals surface area contributed by atoms with E-state index in [1.165, 1.54) is 13.3 Å². The zero-order chi connectivity index (χ0) is 24.1. The van der Waals surface area contributed by atoms with Crippen molar-refractivity contribution in [1.29, 1.82) is 5.41 Å². The van der Waals surface area contributed by atoms with Crippen LogP contribution in [0.5, 0.6) is 5.75 Å². The van der Waals surface area contributed by atoms with Gasteiger partial charge in [0.15, 0.2) is 0 Å². The van der Waals surface area contributed by atoms with Crippen LogP contribution in [0.25, 0.3) is 0 Å². The number of pyridine rings is 1. The zero-order valence-corrected chi connectivity index (χ0v) is 19.4. The number of methoxy groups -OCH3 is 1. The maximum atomic E-state index is 12.9. The molecule has 2 aromatic carbocycles. The quantitative estimate of drug-likeness (QED) is 0.353. The molecule has 34 heavy (non-hydrogen) atoms. The molecule has 1 aromatic heterocycles. The normalized spacial score (nSPS) is 12.8. The van der Waals surface area contributed by atoms with Gasteiger partial charge in [-0.15, -0.1) is 0 Å². The molecule has 0 radical (unpaired) electrons. The number of carbonyl (C=O) groups is 2. The number of anilines is 2. The van der Waals surface area contributed by atoms with Crippen LogP contribution in [-0.2, 0) is 0 Å². The number of rotatable bonds is 6. The van der Waals surface area contributed by atoms with Crippen molar-refractivity contribution in [3.8, 4) is 5.75 Å². The minimum Gasteiger partial charge on any atom is -0.497 e. The topological polar surface area (TPSA) is 107 Å². The molecule has 8 nitrogen and oxygen atoms in total. The Morgan fingerprint density at radius 3 is 2.32 bits per heavy atom. The number of hydrogen-bond acceptors (Lipinski definition) is 5. The fraction of sp³-hybridized carbons (Fsp3) is 0.200. The van der Waals surface area contributed by atoms with Gasteiger partial charge in [0.1, 0.15) is 17.4 Å². The second-order valence-electron chi connectivity index (χ2n) is 7.80. The number of carbonyl (C=O) groups excluding carboxylic acids is 2. The lowest BCUT2D eigenvalue weighted by Crippen LogP contribution is -2.27. The molecular weight excluding hydrogens is 454 g/mol. The van der Waals surface area contributed by atoms with E-state index < -0.39 is 5.91 Å². The lowest BCUT2D eigenvalue weighted by atomic mass is 10.1. The van der Waals surface area contributed by atoms with Gasteiger partial charge in [0.2, 0.25) is 0 Å². The summed E-state index contributed by atoms with van der Waals surface area (Å²) < 4.78 is 5.24. The highest BCUT2D eigenvalue weighted by molar-refractivity contribution is 6.30. The van der Waals surface area contributed by atoms with Crippen LogP contribution < -0.4 is 15.4 Å². The molecule has 0 atom stereocenters. The first-order valence-corrected chi connectivity index (χ1v) is 11.2. The first kappa shape index (κ1) is 23.3. The van der Waals surface area contributed by atoms with E-state index >= 15 is 0 Å². The van der Waals surface area contributed by atoms with E-state index in [1.807, 2.05) is 4.90 Å². The summed E-state index contributed by atoms with van der Waals surface area (Å²) in [6, 6.07) is 14.9. The van der Waals surface area contributed by atoms with E-state index in [0.717, 1.165) is 31.5 Å². The van der Waals surface area contributed by atoms with Crippen molar-refractivity contribution in [3.63, 3.8) is 0 Å². The lowest BCUT2D eigenvalue weighted by Gasteiger charge is -2.18. The van der Waals surface area contributed by atoms with E-state index in [0.29, 0.717) is 33.7 Å². The van der Waals surface area contributed by atoms with Crippen LogP contribution in [0, 0.1) is 5.41 Å². The van der Waals surface area contributed by atoms with Gasteiger partial charge in [0.25, 0.3) is 11.8 Å². The lowest BCUT2D eigenvalue weighted by molar-refractivity contribution is 0.102. The molecule has 3 N–H and O–H groups in total. The van der Waals surface area contributed by atoms with Gasteiger partial charge in [-0.1, -0.05) is 23.7 Å². The second-order valence-corrected chi connectivity index (χ2v) is 8.24. The minimum absolute atomic E-state index is 0.219. The number of benzene rings is 2. The molecule has 1 aliphatic heterocycles. The van der Waals surface area contributed by atoms with Gasteiger partial charge in [-0.3, -0.25) is 15.0 Å². The van der Waals surface area contributed by atoms with Crippen LogP contribution in [0.3, 0.4) is 0 Å². The molecule has 1 aliphatic rings. The van der Waals surface area contributed by atoms with Crippen molar-refractivity contribution in [2.24, 2.45) is 0 Å². The van der Waals surface area contributed by atoms with E-state index in [9.17, 15) is 9.59 Å². The van der Waals surface area contributed by atoms with Crippen molar-refractivity contribution in [1.82, 2.24) is 9.88 Å². The van der Waals surface area contributed by atoms with E-state index in [4.69, 9.17) is 21.7 Å². The Bertz CT molecular complexity index is 1210. The number of halogens is 1. The van der Waals surface area contributed by atoms with Crippen LogP contribution in [0.4, 0.5) is 11.5 Å². The molecule has 0 aliphatic carbocycles. The summed E-state index contributed by atoms with van der Waals surface area (Å²) in [5, 5.41) is 14.3. The fourth-order valence-electron chi connectivity index (χ4n) is 3.68. The smallest absolute Gasteiger partial charge is 0.259 e. The minimum atomic E-state index is -0.460. The van der Waals surface area contributed by atoms with Gasteiger partial charge in [0.05, 0.1) is 23.4 Å². The van der Waals surface area contributed by atoms with Crippen molar-refractivity contribution in [2.45, 2.75) is 12.8 Å². The summed E-state index contributed by atoms with van der Waals surface area (Å²) in [5.41, 5.74) is 1.72. The predicted molar refractivity (Wildman–Crippen MR) is 132 cm³/mol. The van der Waals surface area contributed by atoms with E-state index in [1.54, 1.807) is 54.6 Å². The molecule has 1 saturated heterocycles. The van der Waals surface area contributed by atoms with Crippen molar-refractivity contribution < 1.29 is 14.3 Å². The highest BCUT2D eigenvalue weighted by Crippen LogP contribution is 2.24. The van der Waals surface area contributed by atoms with Crippen LogP contribution in [-0.4, -0.2) is 47.7 Å². The van der Waals surface area contributed by atoms with Crippen LogP contribution in [0.2, 0.25) is 5.02 Å². The van der Waals surface area contributed by atoms with Crippen molar-refractivity contribution in [3.05, 3.63) is 82.5 Å². The maximum Gasteiger partial charge on any atom is 0.259 e. The second kappa shape index (κ2) is 10.4. The Hall–Kier alpha value is -3.91. The fourth-order valence-corrected chi connectivity index (χ4v) is 3.79. The van der Waals surface area contributed by atoms with Crippen molar-refractivity contribution in [2.75, 3.05) is 30.8 Å². The molecule has 4 rings (SSSR count). The molecule has 2 heterocycles. The van der Waals surface area contributed by atoms with Gasteiger partial charge < -0.3 is 20.3 Å². The van der Waals surface area contributed by atoms with Gasteiger partial charge in [-0.05, 0) is 55.3 Å². The number of likely N-dealkylation sites (tertiary alicyclic amines) is 1.